The molecule has 5 aromatic carbocycles. The third-order valence-electron chi connectivity index (χ3n) is 8.47. The van der Waals surface area contributed by atoms with E-state index in [0.717, 1.165) is 0 Å². The van der Waals surface area contributed by atoms with Crippen molar-refractivity contribution in [2.24, 2.45) is 0 Å². The highest BCUT2D eigenvalue weighted by molar-refractivity contribution is 6.08. The standard InChI is InChI=1S/C38H46/c1-3-5-7-9-11-13-15-29-17-19-31-23-35-27-36-24-32-20-18-30(16-14-12-10-8-6-4-2)22-34(32)26-38(36)28-37(35)25-33(31)21-29/h17-28H,3-16H2,1-2H3. The molecule has 0 atom stereocenters. The Morgan fingerprint density at radius 1 is 0.316 bits per heavy atom. The predicted octanol–water partition coefficient (Wildman–Crippen LogP) is 12.1. The first kappa shape index (κ1) is 26.7. The quantitative estimate of drug-likeness (QED) is 0.105. The lowest BCUT2D eigenvalue weighted by molar-refractivity contribution is 0.607. The van der Waals surface area contributed by atoms with Gasteiger partial charge in [-0.15, -0.1) is 0 Å². The first-order valence-electron chi connectivity index (χ1n) is 15.6. The maximum atomic E-state index is 2.43. The molecule has 5 aromatic rings. The lowest BCUT2D eigenvalue weighted by Gasteiger charge is -2.10. The fourth-order valence-corrected chi connectivity index (χ4v) is 6.13. The molecule has 0 radical (unpaired) electrons. The van der Waals surface area contributed by atoms with Crippen LogP contribution in [0, 0.1) is 0 Å². The van der Waals surface area contributed by atoms with Gasteiger partial charge in [-0.25, -0.2) is 0 Å². The Hall–Kier alpha value is -2.86. The molecule has 198 valence electrons. The predicted molar refractivity (Wildman–Crippen MR) is 171 cm³/mol. The smallest absolute Gasteiger partial charge is 0.0171 e. The largest absolute Gasteiger partial charge is 0.0654 e. The highest BCUT2D eigenvalue weighted by Crippen LogP contribution is 2.31. The van der Waals surface area contributed by atoms with Crippen LogP contribution in [0.2, 0.25) is 0 Å². The normalized spacial score (nSPS) is 11.8. The molecule has 0 heteroatoms. The van der Waals surface area contributed by atoms with Gasteiger partial charge in [0.15, 0.2) is 0 Å². The van der Waals surface area contributed by atoms with E-state index < -0.39 is 0 Å². The molecular weight excluding hydrogens is 456 g/mol. The van der Waals surface area contributed by atoms with Crippen molar-refractivity contribution in [1.29, 1.82) is 0 Å². The van der Waals surface area contributed by atoms with E-state index in [4.69, 9.17) is 0 Å². The van der Waals surface area contributed by atoms with Crippen molar-refractivity contribution in [3.05, 3.63) is 83.9 Å². The van der Waals surface area contributed by atoms with Crippen molar-refractivity contribution in [1.82, 2.24) is 0 Å². The van der Waals surface area contributed by atoms with E-state index in [-0.39, 0.29) is 0 Å². The summed E-state index contributed by atoms with van der Waals surface area (Å²) in [6, 6.07) is 28.6. The molecule has 0 aromatic heterocycles. The van der Waals surface area contributed by atoms with Gasteiger partial charge in [0.25, 0.3) is 0 Å². The third-order valence-corrected chi connectivity index (χ3v) is 8.47. The van der Waals surface area contributed by atoms with Gasteiger partial charge in [0.05, 0.1) is 0 Å². The zero-order chi connectivity index (χ0) is 26.2. The Bertz CT molecular complexity index is 1380. The van der Waals surface area contributed by atoms with Gasteiger partial charge in [-0.3, -0.25) is 0 Å². The van der Waals surface area contributed by atoms with E-state index in [2.05, 4.69) is 86.6 Å². The number of benzene rings is 5. The number of rotatable bonds is 14. The summed E-state index contributed by atoms with van der Waals surface area (Å²) < 4.78 is 0. The van der Waals surface area contributed by atoms with Gasteiger partial charge >= 0.3 is 0 Å². The summed E-state index contributed by atoms with van der Waals surface area (Å²) in [5.41, 5.74) is 2.97. The number of fused-ring (bicyclic) bond motifs is 4. The fraction of sp³-hybridized carbons (Fsp3) is 0.421. The molecule has 0 fully saturated rings. The van der Waals surface area contributed by atoms with Gasteiger partial charge < -0.3 is 0 Å². The van der Waals surface area contributed by atoms with Crippen LogP contribution in [0.5, 0.6) is 0 Å². The zero-order valence-corrected chi connectivity index (χ0v) is 23.8. The van der Waals surface area contributed by atoms with Crippen LogP contribution in [0.1, 0.15) is 102 Å². The molecule has 0 N–H and O–H groups in total. The highest BCUT2D eigenvalue weighted by Gasteiger charge is 2.06. The Morgan fingerprint density at radius 2 is 0.632 bits per heavy atom. The minimum atomic E-state index is 1.20. The summed E-state index contributed by atoms with van der Waals surface area (Å²) >= 11 is 0. The van der Waals surface area contributed by atoms with Gasteiger partial charge in [0.1, 0.15) is 0 Å². The third kappa shape index (κ3) is 6.76. The molecule has 0 amide bonds. The SMILES string of the molecule is CCCCCCCCc1ccc2cc3cc4cc5ccc(CCCCCCCC)cc5cc4cc3cc2c1. The van der Waals surface area contributed by atoms with Crippen molar-refractivity contribution in [2.75, 3.05) is 0 Å². The van der Waals surface area contributed by atoms with Gasteiger partial charge in [-0.2, -0.15) is 0 Å². The van der Waals surface area contributed by atoms with Crippen LogP contribution in [-0.2, 0) is 12.8 Å². The van der Waals surface area contributed by atoms with Crippen LogP contribution in [0.3, 0.4) is 0 Å². The second-order valence-corrected chi connectivity index (χ2v) is 11.6. The molecule has 38 heavy (non-hydrogen) atoms. The summed E-state index contributed by atoms with van der Waals surface area (Å²) in [7, 11) is 0. The number of unbranched alkanes of at least 4 members (excludes halogenated alkanes) is 10. The molecule has 0 spiro atoms. The Morgan fingerprint density at radius 3 is 1.03 bits per heavy atom. The summed E-state index contributed by atoms with van der Waals surface area (Å²) in [4.78, 5) is 0. The average molecular weight is 503 g/mol. The lowest BCUT2D eigenvalue weighted by atomic mass is 9.95. The molecule has 5 rings (SSSR count). The molecular formula is C38H46. The molecule has 0 saturated carbocycles. The van der Waals surface area contributed by atoms with Gasteiger partial charge in [0.2, 0.25) is 0 Å². The molecule has 0 aliphatic rings. The minimum absolute atomic E-state index is 1.20. The van der Waals surface area contributed by atoms with E-state index in [9.17, 15) is 0 Å². The Labute approximate surface area is 230 Å². The van der Waals surface area contributed by atoms with Gasteiger partial charge in [-0.1, -0.05) is 114 Å². The topological polar surface area (TPSA) is 0 Å². The first-order chi connectivity index (χ1) is 18.7. The fourth-order valence-electron chi connectivity index (χ4n) is 6.13. The maximum Gasteiger partial charge on any atom is -0.0171 e. The van der Waals surface area contributed by atoms with Gasteiger partial charge in [0, 0.05) is 0 Å². The van der Waals surface area contributed by atoms with E-state index in [1.54, 1.807) is 0 Å². The zero-order valence-electron chi connectivity index (χ0n) is 23.8. The molecule has 0 bridgehead atoms. The van der Waals surface area contributed by atoms with Crippen LogP contribution < -0.4 is 0 Å². The number of aryl methyl sites for hydroxylation is 2. The molecule has 0 saturated heterocycles. The maximum absolute atomic E-state index is 2.43. The lowest BCUT2D eigenvalue weighted by Crippen LogP contribution is -1.88. The molecule has 0 aliphatic carbocycles. The second-order valence-electron chi connectivity index (χ2n) is 11.6. The van der Waals surface area contributed by atoms with Crippen LogP contribution in [0.25, 0.3) is 43.1 Å². The Kier molecular flexibility index (Phi) is 9.34. The molecule has 0 heterocycles. The molecule has 0 unspecified atom stereocenters. The van der Waals surface area contributed by atoms with E-state index >= 15 is 0 Å². The number of hydrogen-bond acceptors (Lipinski definition) is 0. The second kappa shape index (κ2) is 13.3. The van der Waals surface area contributed by atoms with Crippen LogP contribution in [0.15, 0.2) is 72.8 Å². The van der Waals surface area contributed by atoms with Crippen molar-refractivity contribution in [2.45, 2.75) is 104 Å². The van der Waals surface area contributed by atoms with Crippen molar-refractivity contribution >= 4 is 43.1 Å². The van der Waals surface area contributed by atoms with Gasteiger partial charge in [-0.05, 0) is 116 Å². The number of hydrogen-bond donors (Lipinski definition) is 0. The average Bonchev–Trinajstić information content (AvgIpc) is 2.93. The first-order valence-corrected chi connectivity index (χ1v) is 15.6. The summed E-state index contributed by atoms with van der Waals surface area (Å²) in [5.74, 6) is 0. The summed E-state index contributed by atoms with van der Waals surface area (Å²) in [5, 5.41) is 10.8. The molecule has 0 aliphatic heterocycles. The van der Waals surface area contributed by atoms with E-state index in [0.29, 0.717) is 0 Å². The van der Waals surface area contributed by atoms with Crippen molar-refractivity contribution < 1.29 is 0 Å². The van der Waals surface area contributed by atoms with Crippen LogP contribution in [0.4, 0.5) is 0 Å². The van der Waals surface area contributed by atoms with E-state index in [1.807, 2.05) is 0 Å². The Balaban J connectivity index is 1.33. The van der Waals surface area contributed by atoms with Crippen LogP contribution in [-0.4, -0.2) is 0 Å². The highest BCUT2D eigenvalue weighted by atomic mass is 14.1. The van der Waals surface area contributed by atoms with Crippen LogP contribution >= 0.6 is 0 Å². The van der Waals surface area contributed by atoms with Crippen molar-refractivity contribution in [3.63, 3.8) is 0 Å². The van der Waals surface area contributed by atoms with E-state index in [1.165, 1.54) is 144 Å². The minimum Gasteiger partial charge on any atom is -0.0654 e. The summed E-state index contributed by atoms with van der Waals surface area (Å²) in [6.07, 6.45) is 18.7. The summed E-state index contributed by atoms with van der Waals surface area (Å²) in [6.45, 7) is 4.58. The monoisotopic (exact) mass is 502 g/mol. The van der Waals surface area contributed by atoms with Crippen molar-refractivity contribution in [3.8, 4) is 0 Å². The molecule has 0 nitrogen and oxygen atoms in total.